The number of rotatable bonds is 4. The Balaban J connectivity index is 2.06. The lowest BCUT2D eigenvalue weighted by Crippen LogP contribution is -2.39. The highest BCUT2D eigenvalue weighted by Gasteiger charge is 2.28. The van der Waals surface area contributed by atoms with Gasteiger partial charge >= 0.3 is 0 Å². The van der Waals surface area contributed by atoms with Crippen LogP contribution in [0.5, 0.6) is 0 Å². The number of pyridine rings is 1. The van der Waals surface area contributed by atoms with Gasteiger partial charge in [0.25, 0.3) is 5.91 Å². The Morgan fingerprint density at radius 2 is 2.09 bits per heavy atom. The average Bonchev–Trinajstić information content (AvgIpc) is 3.28. The highest BCUT2D eigenvalue weighted by molar-refractivity contribution is 6.31. The first-order valence-electron chi connectivity index (χ1n) is 7.83. The first-order chi connectivity index (χ1) is 10.7. The van der Waals surface area contributed by atoms with Crippen molar-refractivity contribution in [2.75, 3.05) is 13.6 Å². The predicted octanol–water partition coefficient (Wildman–Crippen LogP) is 3.61. The van der Waals surface area contributed by atoms with E-state index in [1.54, 1.807) is 37.9 Å². The number of fused-ring (bicyclic) bond motifs is 1. The van der Waals surface area contributed by atoms with Gasteiger partial charge in [0, 0.05) is 35.6 Å². The molecule has 1 aromatic heterocycles. The van der Waals surface area contributed by atoms with Gasteiger partial charge in [0.15, 0.2) is 0 Å². The summed E-state index contributed by atoms with van der Waals surface area (Å²) in [6.45, 7) is 3.64. The maximum atomic E-state index is 12.9. The highest BCUT2D eigenvalue weighted by atomic mass is 35.5. The summed E-state index contributed by atoms with van der Waals surface area (Å²) in [5.74, 6) is 0.338. The number of carbonyl (C=O) groups excluding carboxylic acids is 1. The molecule has 0 saturated heterocycles. The number of likely N-dealkylation sites (N-methyl/N-ethyl adjacent to an activating group) is 1. The highest BCUT2D eigenvalue weighted by Crippen LogP contribution is 2.40. The van der Waals surface area contributed by atoms with E-state index in [1.165, 1.54) is 0 Å². The lowest BCUT2D eigenvalue weighted by Gasteiger charge is -2.26. The lowest BCUT2D eigenvalue weighted by atomic mass is 10.0. The van der Waals surface area contributed by atoms with Gasteiger partial charge in [0.2, 0.25) is 0 Å². The molecule has 1 saturated carbocycles. The molecule has 2 aromatic rings. The number of carbonyl (C=O) groups is 1. The van der Waals surface area contributed by atoms with Gasteiger partial charge in [0.1, 0.15) is 0 Å². The summed E-state index contributed by atoms with van der Waals surface area (Å²) >= 11 is 6.10. The molecule has 4 nitrogen and oxygen atoms in total. The second-order valence-electron chi connectivity index (χ2n) is 7.00. The summed E-state index contributed by atoms with van der Waals surface area (Å²) in [5, 5.41) is 11.3. The van der Waals surface area contributed by atoms with Crippen LogP contribution in [0.3, 0.4) is 0 Å². The van der Waals surface area contributed by atoms with Gasteiger partial charge < -0.3 is 10.0 Å². The summed E-state index contributed by atoms with van der Waals surface area (Å²) in [6, 6.07) is 7.32. The van der Waals surface area contributed by atoms with Crippen molar-refractivity contribution in [3.63, 3.8) is 0 Å². The maximum absolute atomic E-state index is 12.9. The largest absolute Gasteiger partial charge is 0.389 e. The van der Waals surface area contributed by atoms with Gasteiger partial charge in [-0.2, -0.15) is 0 Å². The summed E-state index contributed by atoms with van der Waals surface area (Å²) in [5.41, 5.74) is 1.43. The first-order valence-corrected chi connectivity index (χ1v) is 8.20. The SMILES string of the molecule is CN(CC(C)(C)O)C(=O)c1cc(C2CC2)nc2ccc(Cl)cc12. The normalized spacial score (nSPS) is 15.0. The van der Waals surface area contributed by atoms with E-state index in [0.717, 1.165) is 29.4 Å². The van der Waals surface area contributed by atoms with Crippen LogP contribution in [0.2, 0.25) is 5.02 Å². The van der Waals surface area contributed by atoms with Crippen LogP contribution in [-0.4, -0.2) is 40.1 Å². The van der Waals surface area contributed by atoms with Crippen molar-refractivity contribution in [3.05, 3.63) is 40.5 Å². The number of halogens is 1. The van der Waals surface area contributed by atoms with Crippen LogP contribution in [0.25, 0.3) is 10.9 Å². The van der Waals surface area contributed by atoms with Crippen LogP contribution in [0.1, 0.15) is 48.7 Å². The van der Waals surface area contributed by atoms with E-state index >= 15 is 0 Å². The number of hydrogen-bond donors (Lipinski definition) is 1. The number of benzene rings is 1. The van der Waals surface area contributed by atoms with Crippen molar-refractivity contribution < 1.29 is 9.90 Å². The molecule has 1 aliphatic rings. The molecule has 0 radical (unpaired) electrons. The molecule has 122 valence electrons. The van der Waals surface area contributed by atoms with Crippen LogP contribution in [0.4, 0.5) is 0 Å². The Morgan fingerprint density at radius 1 is 1.39 bits per heavy atom. The van der Waals surface area contributed by atoms with E-state index in [2.05, 4.69) is 4.98 Å². The van der Waals surface area contributed by atoms with Crippen LogP contribution in [0.15, 0.2) is 24.3 Å². The fourth-order valence-corrected chi connectivity index (χ4v) is 3.01. The molecule has 1 heterocycles. The quantitative estimate of drug-likeness (QED) is 0.930. The number of amides is 1. The first kappa shape index (κ1) is 16.2. The Hall–Kier alpha value is -1.65. The molecule has 1 N–H and O–H groups in total. The van der Waals surface area contributed by atoms with Gasteiger partial charge in [-0.05, 0) is 51.0 Å². The molecule has 1 amide bonds. The van der Waals surface area contributed by atoms with Crippen molar-refractivity contribution in [1.29, 1.82) is 0 Å². The zero-order valence-corrected chi connectivity index (χ0v) is 14.4. The van der Waals surface area contributed by atoms with Gasteiger partial charge in [-0.3, -0.25) is 9.78 Å². The molecule has 1 aliphatic carbocycles. The van der Waals surface area contributed by atoms with E-state index < -0.39 is 5.60 Å². The minimum atomic E-state index is -0.940. The Labute approximate surface area is 141 Å². The van der Waals surface area contributed by atoms with Gasteiger partial charge in [0.05, 0.1) is 16.7 Å². The van der Waals surface area contributed by atoms with Crippen LogP contribution < -0.4 is 0 Å². The number of aliphatic hydroxyl groups is 1. The summed E-state index contributed by atoms with van der Waals surface area (Å²) in [7, 11) is 1.70. The van der Waals surface area contributed by atoms with E-state index in [1.807, 2.05) is 12.1 Å². The average molecular weight is 333 g/mol. The lowest BCUT2D eigenvalue weighted by molar-refractivity contribution is 0.0369. The summed E-state index contributed by atoms with van der Waals surface area (Å²) in [4.78, 5) is 19.1. The molecule has 0 bridgehead atoms. The minimum absolute atomic E-state index is 0.122. The molecule has 0 atom stereocenters. The summed E-state index contributed by atoms with van der Waals surface area (Å²) < 4.78 is 0. The van der Waals surface area contributed by atoms with E-state index in [4.69, 9.17) is 11.6 Å². The fourth-order valence-electron chi connectivity index (χ4n) is 2.84. The molecule has 1 fully saturated rings. The third-order valence-electron chi connectivity index (χ3n) is 3.99. The Morgan fingerprint density at radius 3 is 2.70 bits per heavy atom. The Bertz CT molecular complexity index is 763. The van der Waals surface area contributed by atoms with Crippen molar-refractivity contribution >= 4 is 28.4 Å². The monoisotopic (exact) mass is 332 g/mol. The van der Waals surface area contributed by atoms with Crippen molar-refractivity contribution in [2.45, 2.75) is 38.2 Å². The van der Waals surface area contributed by atoms with Crippen molar-refractivity contribution in [3.8, 4) is 0 Å². The van der Waals surface area contributed by atoms with Gasteiger partial charge in [-0.15, -0.1) is 0 Å². The molecule has 23 heavy (non-hydrogen) atoms. The standard InChI is InChI=1S/C18H21ClN2O2/c1-18(2,23)10-21(3)17(22)14-9-16(11-4-5-11)20-15-7-6-12(19)8-13(14)15/h6-9,11,23H,4-5,10H2,1-3H3. The molecular formula is C18H21ClN2O2. The smallest absolute Gasteiger partial charge is 0.254 e. The topological polar surface area (TPSA) is 53.4 Å². The van der Waals surface area contributed by atoms with Crippen LogP contribution in [-0.2, 0) is 0 Å². The zero-order chi connectivity index (χ0) is 16.8. The fraction of sp³-hybridized carbons (Fsp3) is 0.444. The molecule has 0 aliphatic heterocycles. The van der Waals surface area contributed by atoms with Gasteiger partial charge in [-0.25, -0.2) is 0 Å². The Kier molecular flexibility index (Phi) is 4.07. The van der Waals surface area contributed by atoms with Crippen molar-refractivity contribution in [2.24, 2.45) is 0 Å². The molecule has 0 spiro atoms. The number of aromatic nitrogens is 1. The van der Waals surface area contributed by atoms with E-state index in [-0.39, 0.29) is 12.5 Å². The molecule has 0 unspecified atom stereocenters. The zero-order valence-electron chi connectivity index (χ0n) is 13.6. The molecule has 5 heteroatoms. The summed E-state index contributed by atoms with van der Waals surface area (Å²) in [6.07, 6.45) is 2.25. The third kappa shape index (κ3) is 3.65. The maximum Gasteiger partial charge on any atom is 0.254 e. The molecule has 3 rings (SSSR count). The van der Waals surface area contributed by atoms with Crippen molar-refractivity contribution in [1.82, 2.24) is 9.88 Å². The molecule has 1 aromatic carbocycles. The number of hydrogen-bond acceptors (Lipinski definition) is 3. The van der Waals surface area contributed by atoms with Gasteiger partial charge in [-0.1, -0.05) is 11.6 Å². The minimum Gasteiger partial charge on any atom is -0.389 e. The second kappa shape index (κ2) is 5.77. The third-order valence-corrected chi connectivity index (χ3v) is 4.22. The second-order valence-corrected chi connectivity index (χ2v) is 7.44. The number of nitrogens with zero attached hydrogens (tertiary/aromatic N) is 2. The van der Waals surface area contributed by atoms with Crippen LogP contribution in [0, 0.1) is 0 Å². The van der Waals surface area contributed by atoms with E-state index in [0.29, 0.717) is 16.5 Å². The molecular weight excluding hydrogens is 312 g/mol. The van der Waals surface area contributed by atoms with Crippen LogP contribution >= 0.6 is 11.6 Å². The predicted molar refractivity (Wildman–Crippen MR) is 92.0 cm³/mol. The van der Waals surface area contributed by atoms with E-state index in [9.17, 15) is 9.90 Å².